The average Bonchev–Trinajstić information content (AvgIpc) is 3.22. The number of methoxy groups -OCH3 is 2. The number of nitrogens with one attached hydrogen (secondary N) is 3. The molecular formula is C27H38N4O8. The summed E-state index contributed by atoms with van der Waals surface area (Å²) in [7, 11) is 2.42. The molecule has 3 amide bonds. The van der Waals surface area contributed by atoms with E-state index < -0.39 is 47.8 Å². The lowest BCUT2D eigenvalue weighted by Crippen LogP contribution is -2.54. The molecular weight excluding hydrogens is 508 g/mol. The number of rotatable bonds is 10. The maximum atomic E-state index is 13.6. The first-order valence-corrected chi connectivity index (χ1v) is 13.2. The Labute approximate surface area is 227 Å². The lowest BCUT2D eigenvalue weighted by atomic mass is 9.79. The van der Waals surface area contributed by atoms with Crippen molar-refractivity contribution in [2.75, 3.05) is 14.2 Å². The van der Waals surface area contributed by atoms with Crippen molar-refractivity contribution in [3.8, 4) is 0 Å². The maximum absolute atomic E-state index is 13.6. The quantitative estimate of drug-likeness (QED) is 0.355. The monoisotopic (exact) mass is 546 g/mol. The molecule has 214 valence electrons. The van der Waals surface area contributed by atoms with E-state index in [2.05, 4.69) is 20.7 Å². The number of carbonyl (C=O) groups is 6. The molecule has 0 saturated carbocycles. The fourth-order valence-corrected chi connectivity index (χ4v) is 5.40. The highest BCUT2D eigenvalue weighted by Crippen LogP contribution is 2.38. The molecule has 0 bridgehead atoms. The van der Waals surface area contributed by atoms with Crippen LogP contribution in [0.4, 0.5) is 0 Å². The molecule has 0 radical (unpaired) electrons. The molecule has 1 aliphatic carbocycles. The van der Waals surface area contributed by atoms with Crippen molar-refractivity contribution in [3.63, 3.8) is 0 Å². The third kappa shape index (κ3) is 7.04. The van der Waals surface area contributed by atoms with E-state index >= 15 is 0 Å². The summed E-state index contributed by atoms with van der Waals surface area (Å²) in [5.41, 5.74) is 1.77. The fourth-order valence-electron chi connectivity index (χ4n) is 5.40. The van der Waals surface area contributed by atoms with E-state index in [0.29, 0.717) is 12.8 Å². The van der Waals surface area contributed by atoms with Crippen LogP contribution >= 0.6 is 0 Å². The Morgan fingerprint density at radius 1 is 1.10 bits per heavy atom. The molecule has 2 heterocycles. The molecule has 0 spiro atoms. The topological polar surface area (TPSA) is 162 Å². The van der Waals surface area contributed by atoms with Crippen molar-refractivity contribution in [2.24, 2.45) is 11.8 Å². The van der Waals surface area contributed by atoms with Crippen LogP contribution in [0, 0.1) is 11.8 Å². The zero-order valence-corrected chi connectivity index (χ0v) is 23.1. The number of Topliss-reactive ketones (excluding diaryl/α,β-unsaturated/α-hetero) is 1. The van der Waals surface area contributed by atoms with Crippen molar-refractivity contribution in [1.29, 1.82) is 0 Å². The van der Waals surface area contributed by atoms with Gasteiger partial charge < -0.3 is 30.0 Å². The van der Waals surface area contributed by atoms with Gasteiger partial charge in [-0.2, -0.15) is 0 Å². The first kappa shape index (κ1) is 29.9. The van der Waals surface area contributed by atoms with E-state index in [1.165, 1.54) is 21.1 Å². The number of esters is 2. The Bertz CT molecular complexity index is 1130. The van der Waals surface area contributed by atoms with Crippen LogP contribution < -0.4 is 16.0 Å². The number of hydrogen-bond acceptors (Lipinski definition) is 8. The van der Waals surface area contributed by atoms with Gasteiger partial charge in [-0.1, -0.05) is 13.8 Å². The highest BCUT2D eigenvalue weighted by atomic mass is 16.5. The van der Waals surface area contributed by atoms with Crippen molar-refractivity contribution >= 4 is 35.4 Å². The van der Waals surface area contributed by atoms with Crippen molar-refractivity contribution in [3.05, 3.63) is 23.5 Å². The van der Waals surface area contributed by atoms with Crippen LogP contribution in [-0.2, 0) is 51.2 Å². The summed E-state index contributed by atoms with van der Waals surface area (Å²) in [4.78, 5) is 75.5. The second kappa shape index (κ2) is 12.9. The molecule has 1 aromatic heterocycles. The molecule has 3 N–H and O–H groups in total. The van der Waals surface area contributed by atoms with Gasteiger partial charge in [0.2, 0.25) is 17.7 Å². The highest BCUT2D eigenvalue weighted by molar-refractivity contribution is 5.94. The highest BCUT2D eigenvalue weighted by Gasteiger charge is 2.43. The molecule has 0 fully saturated rings. The van der Waals surface area contributed by atoms with E-state index in [-0.39, 0.29) is 49.3 Å². The zero-order chi connectivity index (χ0) is 28.9. The van der Waals surface area contributed by atoms with Gasteiger partial charge in [-0.05, 0) is 36.8 Å². The van der Waals surface area contributed by atoms with Gasteiger partial charge in [-0.3, -0.25) is 24.0 Å². The van der Waals surface area contributed by atoms with Crippen molar-refractivity contribution < 1.29 is 38.2 Å². The number of aromatic nitrogens is 1. The van der Waals surface area contributed by atoms with Gasteiger partial charge in [0.15, 0.2) is 0 Å². The molecule has 5 atom stereocenters. The van der Waals surface area contributed by atoms with E-state index in [0.717, 1.165) is 11.3 Å². The molecule has 12 heteroatoms. The molecule has 39 heavy (non-hydrogen) atoms. The van der Waals surface area contributed by atoms with Gasteiger partial charge in [-0.15, -0.1) is 0 Å². The fraction of sp³-hybridized carbons (Fsp3) is 0.630. The second-order valence-corrected chi connectivity index (χ2v) is 10.5. The van der Waals surface area contributed by atoms with Crippen LogP contribution in [0.3, 0.4) is 0 Å². The van der Waals surface area contributed by atoms with Crippen LogP contribution in [0.15, 0.2) is 12.3 Å². The van der Waals surface area contributed by atoms with Crippen molar-refractivity contribution in [1.82, 2.24) is 20.5 Å². The summed E-state index contributed by atoms with van der Waals surface area (Å²) in [5.74, 6) is -4.18. The molecule has 2 aliphatic rings. The van der Waals surface area contributed by atoms with E-state index in [9.17, 15) is 28.8 Å². The predicted molar refractivity (Wildman–Crippen MR) is 138 cm³/mol. The smallest absolute Gasteiger partial charge is 0.328 e. The van der Waals surface area contributed by atoms with Gasteiger partial charge in [0.05, 0.1) is 26.1 Å². The SMILES string of the molecule is COC(=O)CCC(NC(=O)[C@H]1CC(=O)C2c3c(ccn3C1)CC[C@@H]2NC(=O)C(NC(C)=O)C(C)C)C(=O)OC. The summed E-state index contributed by atoms with van der Waals surface area (Å²) in [6.45, 7) is 5.23. The second-order valence-electron chi connectivity index (χ2n) is 10.5. The van der Waals surface area contributed by atoms with Crippen molar-refractivity contribution in [2.45, 2.75) is 83.5 Å². The normalized spacial score (nSPS) is 21.6. The Balaban J connectivity index is 1.80. The van der Waals surface area contributed by atoms with Gasteiger partial charge in [0.25, 0.3) is 0 Å². The Morgan fingerprint density at radius 2 is 1.82 bits per heavy atom. The molecule has 1 aliphatic heterocycles. The largest absolute Gasteiger partial charge is 0.469 e. The van der Waals surface area contributed by atoms with Crippen LogP contribution in [-0.4, -0.2) is 72.4 Å². The summed E-state index contributed by atoms with van der Waals surface area (Å²) in [5, 5.41) is 8.32. The lowest BCUT2D eigenvalue weighted by molar-refractivity contribution is -0.147. The predicted octanol–water partition coefficient (Wildman–Crippen LogP) is 0.363. The number of aryl methyl sites for hydroxylation is 1. The van der Waals surface area contributed by atoms with E-state index in [1.54, 1.807) is 0 Å². The van der Waals surface area contributed by atoms with Crippen LogP contribution in [0.5, 0.6) is 0 Å². The van der Waals surface area contributed by atoms with Gasteiger partial charge in [0, 0.05) is 44.2 Å². The first-order valence-electron chi connectivity index (χ1n) is 13.2. The van der Waals surface area contributed by atoms with Crippen LogP contribution in [0.25, 0.3) is 0 Å². The average molecular weight is 547 g/mol. The number of nitrogens with zero attached hydrogens (tertiary/aromatic N) is 1. The molecule has 3 unspecified atom stereocenters. The number of ketones is 1. The molecule has 0 aromatic carbocycles. The Hall–Kier alpha value is -3.70. The summed E-state index contributed by atoms with van der Waals surface area (Å²) in [6.07, 6.45) is 2.84. The molecule has 12 nitrogen and oxygen atoms in total. The van der Waals surface area contributed by atoms with E-state index in [4.69, 9.17) is 4.74 Å². The number of carbonyl (C=O) groups excluding carboxylic acids is 6. The minimum Gasteiger partial charge on any atom is -0.469 e. The zero-order valence-electron chi connectivity index (χ0n) is 23.1. The van der Waals surface area contributed by atoms with Gasteiger partial charge >= 0.3 is 11.9 Å². The summed E-state index contributed by atoms with van der Waals surface area (Å²) in [6, 6.07) is -0.378. The number of amides is 3. The van der Waals surface area contributed by atoms with E-state index in [1.807, 2.05) is 30.7 Å². The number of hydrogen-bond donors (Lipinski definition) is 3. The van der Waals surface area contributed by atoms with Gasteiger partial charge in [0.1, 0.15) is 17.9 Å². The molecule has 0 saturated heterocycles. The maximum Gasteiger partial charge on any atom is 0.328 e. The lowest BCUT2D eigenvalue weighted by Gasteiger charge is -2.33. The standard InChI is InChI=1S/C27H38N4O8/c1-14(2)23(28-15(3)32)26(36)29-18-7-6-16-10-11-31-13-17(12-20(33)22(18)24(16)31)25(35)30-19(27(37)39-5)8-9-21(34)38-4/h10-11,14,17-19,22-23H,6-9,12-13H2,1-5H3,(H,28,32)(H,29,36)(H,30,35)/t17-,18-,19?,22?,23?/m0/s1. The van der Waals surface area contributed by atoms with Gasteiger partial charge in [-0.25, -0.2) is 4.79 Å². The first-order chi connectivity index (χ1) is 18.5. The third-order valence-electron chi connectivity index (χ3n) is 7.40. The molecule has 1 aromatic rings. The summed E-state index contributed by atoms with van der Waals surface area (Å²) >= 11 is 0. The molecule has 3 rings (SSSR count). The Morgan fingerprint density at radius 3 is 2.44 bits per heavy atom. The van der Waals surface area contributed by atoms with Crippen LogP contribution in [0.1, 0.15) is 63.6 Å². The minimum absolute atomic E-state index is 0.00722. The summed E-state index contributed by atoms with van der Waals surface area (Å²) < 4.78 is 11.3. The number of ether oxygens (including phenoxy) is 2. The third-order valence-corrected chi connectivity index (χ3v) is 7.40. The Kier molecular flexibility index (Phi) is 9.87. The van der Waals surface area contributed by atoms with Crippen LogP contribution in [0.2, 0.25) is 0 Å². The minimum atomic E-state index is -1.07.